The Balaban J connectivity index is 2.20. The maximum Gasteiger partial charge on any atom is 0.241 e. The number of hydrogen-bond donors (Lipinski definition) is 1. The second-order valence-corrected chi connectivity index (χ2v) is 5.77. The van der Waals surface area contributed by atoms with Crippen molar-refractivity contribution in [3.05, 3.63) is 60.2 Å². The average molecular weight is 280 g/mol. The van der Waals surface area contributed by atoms with Crippen molar-refractivity contribution in [2.75, 3.05) is 0 Å². The van der Waals surface area contributed by atoms with E-state index in [4.69, 9.17) is 0 Å². The Labute approximate surface area is 111 Å². The Hall–Kier alpha value is -1.79. The monoisotopic (exact) mass is 280 g/mol. The van der Waals surface area contributed by atoms with E-state index in [0.29, 0.717) is 5.69 Å². The van der Waals surface area contributed by atoms with Gasteiger partial charge in [-0.2, -0.15) is 0 Å². The predicted octanol–water partition coefficient (Wildman–Crippen LogP) is 2.26. The lowest BCUT2D eigenvalue weighted by atomic mass is 10.2. The summed E-state index contributed by atoms with van der Waals surface area (Å²) in [5, 5.41) is 0. The fourth-order valence-electron chi connectivity index (χ4n) is 1.61. The van der Waals surface area contributed by atoms with E-state index in [2.05, 4.69) is 9.71 Å². The first kappa shape index (κ1) is 13.6. The van der Waals surface area contributed by atoms with Crippen LogP contribution in [0.1, 0.15) is 18.7 Å². The summed E-state index contributed by atoms with van der Waals surface area (Å²) in [7, 11) is -3.68. The largest absolute Gasteiger partial charge is 0.260 e. The fourth-order valence-corrected chi connectivity index (χ4v) is 2.82. The normalized spacial score (nSPS) is 13.2. The minimum absolute atomic E-state index is 0.0247. The Kier molecular flexibility index (Phi) is 3.92. The lowest BCUT2D eigenvalue weighted by Crippen LogP contribution is -2.27. The number of rotatable bonds is 4. The summed E-state index contributed by atoms with van der Waals surface area (Å²) in [6.45, 7) is 1.70. The minimum Gasteiger partial charge on any atom is -0.260 e. The lowest BCUT2D eigenvalue weighted by molar-refractivity contribution is 0.563. The first-order chi connectivity index (χ1) is 8.99. The Morgan fingerprint density at radius 2 is 1.84 bits per heavy atom. The maximum absolute atomic E-state index is 12.8. The third-order valence-electron chi connectivity index (χ3n) is 2.59. The van der Waals surface area contributed by atoms with Crippen LogP contribution in [0.5, 0.6) is 0 Å². The second kappa shape index (κ2) is 5.46. The van der Waals surface area contributed by atoms with Crippen LogP contribution in [0, 0.1) is 5.82 Å². The van der Waals surface area contributed by atoms with Crippen molar-refractivity contribution in [1.82, 2.24) is 9.71 Å². The van der Waals surface area contributed by atoms with Crippen LogP contribution in [0.3, 0.4) is 0 Å². The van der Waals surface area contributed by atoms with Gasteiger partial charge in [0, 0.05) is 6.20 Å². The summed E-state index contributed by atoms with van der Waals surface area (Å²) < 4.78 is 39.4. The van der Waals surface area contributed by atoms with Crippen molar-refractivity contribution in [1.29, 1.82) is 0 Å². The van der Waals surface area contributed by atoms with Gasteiger partial charge in [-0.05, 0) is 43.3 Å². The van der Waals surface area contributed by atoms with Crippen LogP contribution in [0.15, 0.2) is 53.6 Å². The highest BCUT2D eigenvalue weighted by Gasteiger charge is 2.18. The standard InChI is InChI=1S/C13H13FN2O2S/c1-10(13-4-2-3-9-15-13)16-19(17,18)12-7-5-11(14)6-8-12/h2-10,16H,1H3/t10-/m1/s1. The molecule has 19 heavy (non-hydrogen) atoms. The van der Waals surface area contributed by atoms with Gasteiger partial charge in [-0.3, -0.25) is 4.98 Å². The maximum atomic E-state index is 12.8. The van der Waals surface area contributed by atoms with Gasteiger partial charge in [0.15, 0.2) is 0 Å². The van der Waals surface area contributed by atoms with Crippen molar-refractivity contribution >= 4 is 10.0 Å². The van der Waals surface area contributed by atoms with E-state index in [1.807, 2.05) is 0 Å². The topological polar surface area (TPSA) is 59.1 Å². The van der Waals surface area contributed by atoms with E-state index in [1.54, 1.807) is 31.3 Å². The molecule has 1 N–H and O–H groups in total. The number of nitrogens with one attached hydrogen (secondary N) is 1. The van der Waals surface area contributed by atoms with Gasteiger partial charge in [-0.1, -0.05) is 6.07 Å². The predicted molar refractivity (Wildman–Crippen MR) is 69.4 cm³/mol. The highest BCUT2D eigenvalue weighted by molar-refractivity contribution is 7.89. The first-order valence-electron chi connectivity index (χ1n) is 5.68. The molecule has 0 amide bonds. The molecule has 1 heterocycles. The molecule has 100 valence electrons. The van der Waals surface area contributed by atoms with Crippen molar-refractivity contribution in [2.45, 2.75) is 17.9 Å². The first-order valence-corrected chi connectivity index (χ1v) is 7.16. The molecule has 1 aromatic heterocycles. The van der Waals surface area contributed by atoms with Gasteiger partial charge in [0.25, 0.3) is 0 Å². The zero-order chi connectivity index (χ0) is 13.9. The Morgan fingerprint density at radius 3 is 2.42 bits per heavy atom. The molecule has 0 fully saturated rings. The number of halogens is 1. The smallest absolute Gasteiger partial charge is 0.241 e. The molecule has 0 radical (unpaired) electrons. The Bertz CT molecular complexity index is 642. The summed E-state index contributed by atoms with van der Waals surface area (Å²) in [4.78, 5) is 4.11. The molecule has 0 unspecified atom stereocenters. The lowest BCUT2D eigenvalue weighted by Gasteiger charge is -2.13. The van der Waals surface area contributed by atoms with Gasteiger partial charge in [-0.25, -0.2) is 17.5 Å². The van der Waals surface area contributed by atoms with E-state index < -0.39 is 21.9 Å². The molecule has 0 aliphatic heterocycles. The molecular weight excluding hydrogens is 267 g/mol. The molecule has 0 aliphatic carbocycles. The van der Waals surface area contributed by atoms with Crippen molar-refractivity contribution < 1.29 is 12.8 Å². The molecule has 1 atom stereocenters. The number of pyridine rings is 1. The number of aromatic nitrogens is 1. The average Bonchev–Trinajstić information content (AvgIpc) is 2.40. The summed E-state index contributed by atoms with van der Waals surface area (Å²) in [5.41, 5.74) is 0.619. The van der Waals surface area contributed by atoms with Crippen LogP contribution >= 0.6 is 0 Å². The fraction of sp³-hybridized carbons (Fsp3) is 0.154. The van der Waals surface area contributed by atoms with Crippen LogP contribution in [0.25, 0.3) is 0 Å². The molecule has 1 aromatic carbocycles. The van der Waals surface area contributed by atoms with E-state index in [0.717, 1.165) is 12.1 Å². The molecule has 2 rings (SSSR count). The summed E-state index contributed by atoms with van der Waals surface area (Å²) >= 11 is 0. The van der Waals surface area contributed by atoms with E-state index in [9.17, 15) is 12.8 Å². The molecule has 0 aliphatic rings. The van der Waals surface area contributed by atoms with Crippen LogP contribution in [-0.2, 0) is 10.0 Å². The van der Waals surface area contributed by atoms with Gasteiger partial charge >= 0.3 is 0 Å². The van der Waals surface area contributed by atoms with E-state index in [1.165, 1.54) is 12.1 Å². The third kappa shape index (κ3) is 3.36. The molecule has 6 heteroatoms. The van der Waals surface area contributed by atoms with Crippen LogP contribution in [-0.4, -0.2) is 13.4 Å². The molecule has 0 saturated heterocycles. The highest BCUT2D eigenvalue weighted by atomic mass is 32.2. The third-order valence-corrected chi connectivity index (χ3v) is 4.14. The minimum atomic E-state index is -3.68. The molecular formula is C13H13FN2O2S. The second-order valence-electron chi connectivity index (χ2n) is 4.05. The van der Waals surface area contributed by atoms with Gasteiger partial charge in [0.2, 0.25) is 10.0 Å². The van der Waals surface area contributed by atoms with Crippen LogP contribution in [0.2, 0.25) is 0 Å². The zero-order valence-corrected chi connectivity index (χ0v) is 11.1. The molecule has 0 spiro atoms. The van der Waals surface area contributed by atoms with Crippen LogP contribution < -0.4 is 4.72 Å². The molecule has 0 saturated carbocycles. The number of sulfonamides is 1. The molecule has 0 bridgehead atoms. The Morgan fingerprint density at radius 1 is 1.16 bits per heavy atom. The molecule has 4 nitrogen and oxygen atoms in total. The number of hydrogen-bond acceptors (Lipinski definition) is 3. The SMILES string of the molecule is C[C@@H](NS(=O)(=O)c1ccc(F)cc1)c1ccccn1. The summed E-state index contributed by atoms with van der Waals surface area (Å²) in [6, 6.07) is 9.48. The number of benzene rings is 1. The number of nitrogens with zero attached hydrogens (tertiary/aromatic N) is 1. The van der Waals surface area contributed by atoms with Crippen LogP contribution in [0.4, 0.5) is 4.39 Å². The van der Waals surface area contributed by atoms with Gasteiger partial charge < -0.3 is 0 Å². The summed E-state index contributed by atoms with van der Waals surface area (Å²) in [6.07, 6.45) is 1.60. The van der Waals surface area contributed by atoms with E-state index in [-0.39, 0.29) is 4.90 Å². The molecule has 2 aromatic rings. The van der Waals surface area contributed by atoms with Gasteiger partial charge in [0.05, 0.1) is 16.6 Å². The summed E-state index contributed by atoms with van der Waals surface area (Å²) in [5.74, 6) is -0.475. The van der Waals surface area contributed by atoms with Gasteiger partial charge in [-0.15, -0.1) is 0 Å². The van der Waals surface area contributed by atoms with Crippen molar-refractivity contribution in [3.63, 3.8) is 0 Å². The highest BCUT2D eigenvalue weighted by Crippen LogP contribution is 2.15. The van der Waals surface area contributed by atoms with Crippen molar-refractivity contribution in [3.8, 4) is 0 Å². The van der Waals surface area contributed by atoms with Gasteiger partial charge in [0.1, 0.15) is 5.82 Å². The van der Waals surface area contributed by atoms with E-state index >= 15 is 0 Å². The van der Waals surface area contributed by atoms with Crippen molar-refractivity contribution in [2.24, 2.45) is 0 Å². The zero-order valence-electron chi connectivity index (χ0n) is 10.2. The quantitative estimate of drug-likeness (QED) is 0.934.